The fourth-order valence-electron chi connectivity index (χ4n) is 2.35. The first kappa shape index (κ1) is 16.6. The minimum atomic E-state index is -0.345. The average Bonchev–Trinajstić information content (AvgIpc) is 3.16. The normalized spacial score (nSPS) is 20.0. The van der Waals surface area contributed by atoms with Crippen molar-refractivity contribution in [3.05, 3.63) is 47.5 Å². The molecule has 2 unspecified atom stereocenters. The van der Waals surface area contributed by atoms with Gasteiger partial charge >= 0.3 is 5.97 Å². The van der Waals surface area contributed by atoms with E-state index >= 15 is 0 Å². The molecule has 2 aromatic rings. The highest BCUT2D eigenvalue weighted by Gasteiger charge is 2.35. The van der Waals surface area contributed by atoms with E-state index in [9.17, 15) is 9.18 Å². The molecule has 6 nitrogen and oxygen atoms in total. The predicted octanol–water partition coefficient (Wildman–Crippen LogP) is 2.28. The average molecular weight is 348 g/mol. The van der Waals surface area contributed by atoms with Gasteiger partial charge in [0.25, 0.3) is 0 Å². The van der Waals surface area contributed by atoms with Gasteiger partial charge < -0.3 is 4.74 Å². The van der Waals surface area contributed by atoms with Crippen molar-refractivity contribution < 1.29 is 13.9 Å². The molecule has 0 saturated carbocycles. The molecular weight excluding hydrogens is 331 g/mol. The van der Waals surface area contributed by atoms with Gasteiger partial charge in [0, 0.05) is 0 Å². The van der Waals surface area contributed by atoms with Crippen LogP contribution < -0.4 is 0 Å². The summed E-state index contributed by atoms with van der Waals surface area (Å²) in [6.07, 6.45) is 1.77. The second kappa shape index (κ2) is 7.12. The van der Waals surface area contributed by atoms with Crippen molar-refractivity contribution >= 4 is 22.8 Å². The maximum atomic E-state index is 12.9. The van der Waals surface area contributed by atoms with Crippen LogP contribution in [0.5, 0.6) is 0 Å². The number of hydrogen-bond acceptors (Lipinski definition) is 6. The molecule has 2 heterocycles. The molecule has 2 atom stereocenters. The predicted molar refractivity (Wildman–Crippen MR) is 89.5 cm³/mol. The third kappa shape index (κ3) is 3.64. The van der Waals surface area contributed by atoms with E-state index in [4.69, 9.17) is 4.74 Å². The minimum absolute atomic E-state index is 0.161. The second-order valence-electron chi connectivity index (χ2n) is 5.39. The summed E-state index contributed by atoms with van der Waals surface area (Å²) in [6, 6.07) is 6.08. The van der Waals surface area contributed by atoms with Gasteiger partial charge in [-0.25, -0.2) is 9.07 Å². The van der Waals surface area contributed by atoms with Crippen molar-refractivity contribution in [3.63, 3.8) is 0 Å². The number of aliphatic imine (C=N–C) groups is 1. The quantitative estimate of drug-likeness (QED) is 0.776. The van der Waals surface area contributed by atoms with E-state index < -0.39 is 0 Å². The summed E-state index contributed by atoms with van der Waals surface area (Å²) >= 11 is 1.35. The van der Waals surface area contributed by atoms with Crippen molar-refractivity contribution in [1.29, 1.82) is 0 Å². The Labute approximate surface area is 143 Å². The zero-order valence-corrected chi connectivity index (χ0v) is 14.2. The molecule has 0 N–H and O–H groups in total. The Morgan fingerprint density at radius 1 is 1.38 bits per heavy atom. The van der Waals surface area contributed by atoms with E-state index in [2.05, 4.69) is 15.3 Å². The molecule has 126 valence electrons. The van der Waals surface area contributed by atoms with Gasteiger partial charge in [-0.2, -0.15) is 0 Å². The lowest BCUT2D eigenvalue weighted by molar-refractivity contribution is -0.142. The Hall–Kier alpha value is -2.22. The van der Waals surface area contributed by atoms with Crippen LogP contribution in [0.2, 0.25) is 0 Å². The molecule has 0 fully saturated rings. The van der Waals surface area contributed by atoms with E-state index in [0.717, 1.165) is 5.56 Å². The van der Waals surface area contributed by atoms with Crippen molar-refractivity contribution in [1.82, 2.24) is 15.0 Å². The first-order chi connectivity index (χ1) is 11.6. The van der Waals surface area contributed by atoms with Gasteiger partial charge in [0.1, 0.15) is 21.8 Å². The molecule has 1 aromatic heterocycles. The van der Waals surface area contributed by atoms with Crippen molar-refractivity contribution in [2.45, 2.75) is 31.7 Å². The van der Waals surface area contributed by atoms with Crippen LogP contribution in [0.3, 0.4) is 0 Å². The van der Waals surface area contributed by atoms with E-state index in [0.29, 0.717) is 23.9 Å². The standard InChI is InChI=1S/C16H17FN4O2S/c1-3-23-16(22)14-10(2)18-15(24-14)13-9-21(20-19-13)8-11-4-6-12(17)7-5-11/h4-7,9-10,14H,3,8H2,1-2H3. The molecule has 0 amide bonds. The summed E-state index contributed by atoms with van der Waals surface area (Å²) in [7, 11) is 0. The Morgan fingerprint density at radius 3 is 2.83 bits per heavy atom. The fraction of sp³-hybridized carbons (Fsp3) is 0.375. The number of carbonyl (C=O) groups is 1. The van der Waals surface area contributed by atoms with Crippen LogP contribution in [-0.4, -0.2) is 43.9 Å². The number of halogens is 1. The van der Waals surface area contributed by atoms with Gasteiger partial charge in [-0.05, 0) is 31.5 Å². The maximum absolute atomic E-state index is 12.9. The lowest BCUT2D eigenvalue weighted by Gasteiger charge is -2.10. The second-order valence-corrected chi connectivity index (χ2v) is 6.52. The third-order valence-corrected chi connectivity index (χ3v) is 4.91. The zero-order valence-electron chi connectivity index (χ0n) is 13.3. The van der Waals surface area contributed by atoms with Crippen LogP contribution in [-0.2, 0) is 16.1 Å². The number of ether oxygens (including phenoxy) is 1. The molecule has 24 heavy (non-hydrogen) atoms. The summed E-state index contributed by atoms with van der Waals surface area (Å²) in [4.78, 5) is 16.4. The highest BCUT2D eigenvalue weighted by molar-refractivity contribution is 8.15. The van der Waals surface area contributed by atoms with Crippen LogP contribution in [0.1, 0.15) is 25.1 Å². The van der Waals surface area contributed by atoms with Crippen LogP contribution in [0.25, 0.3) is 0 Å². The number of hydrogen-bond donors (Lipinski definition) is 0. The molecule has 0 saturated heterocycles. The van der Waals surface area contributed by atoms with Crippen LogP contribution >= 0.6 is 11.8 Å². The number of rotatable bonds is 5. The molecule has 3 rings (SSSR count). The Balaban J connectivity index is 1.68. The lowest BCUT2D eigenvalue weighted by Crippen LogP contribution is -2.26. The molecule has 1 aliphatic heterocycles. The number of carbonyl (C=O) groups excluding carboxylic acids is 1. The molecule has 0 radical (unpaired) electrons. The topological polar surface area (TPSA) is 69.4 Å². The first-order valence-corrected chi connectivity index (χ1v) is 8.51. The number of aromatic nitrogens is 3. The smallest absolute Gasteiger partial charge is 0.321 e. The molecule has 1 aliphatic rings. The van der Waals surface area contributed by atoms with Gasteiger partial charge in [-0.1, -0.05) is 29.1 Å². The minimum Gasteiger partial charge on any atom is -0.465 e. The monoisotopic (exact) mass is 348 g/mol. The molecule has 0 spiro atoms. The zero-order chi connectivity index (χ0) is 17.1. The number of thioether (sulfide) groups is 1. The largest absolute Gasteiger partial charge is 0.465 e. The maximum Gasteiger partial charge on any atom is 0.321 e. The fourth-order valence-corrected chi connectivity index (χ4v) is 3.45. The lowest BCUT2D eigenvalue weighted by atomic mass is 10.2. The Kier molecular flexibility index (Phi) is 4.94. The van der Waals surface area contributed by atoms with Gasteiger partial charge in [0.2, 0.25) is 0 Å². The molecular formula is C16H17FN4O2S. The first-order valence-electron chi connectivity index (χ1n) is 7.63. The van der Waals surface area contributed by atoms with Crippen LogP contribution in [0, 0.1) is 5.82 Å². The van der Waals surface area contributed by atoms with Gasteiger partial charge in [-0.3, -0.25) is 9.79 Å². The molecule has 8 heteroatoms. The summed E-state index contributed by atoms with van der Waals surface area (Å²) in [5.41, 5.74) is 1.55. The SMILES string of the molecule is CCOC(=O)C1SC(c2cn(Cc3ccc(F)cc3)nn2)=NC1C. The van der Waals surface area contributed by atoms with Gasteiger partial charge in [0.15, 0.2) is 0 Å². The van der Waals surface area contributed by atoms with Gasteiger partial charge in [-0.15, -0.1) is 5.10 Å². The van der Waals surface area contributed by atoms with Crippen LogP contribution in [0.15, 0.2) is 35.5 Å². The molecule has 0 bridgehead atoms. The van der Waals surface area contributed by atoms with Crippen molar-refractivity contribution in [3.8, 4) is 0 Å². The van der Waals surface area contributed by atoms with E-state index in [1.54, 1.807) is 29.9 Å². The van der Waals surface area contributed by atoms with E-state index in [1.165, 1.54) is 23.9 Å². The van der Waals surface area contributed by atoms with Crippen molar-refractivity contribution in [2.24, 2.45) is 4.99 Å². The number of nitrogens with zero attached hydrogens (tertiary/aromatic N) is 4. The Bertz CT molecular complexity index is 760. The Morgan fingerprint density at radius 2 is 2.12 bits per heavy atom. The number of benzene rings is 1. The summed E-state index contributed by atoms with van der Waals surface area (Å²) < 4.78 is 19.7. The summed E-state index contributed by atoms with van der Waals surface area (Å²) in [5, 5.41) is 8.53. The van der Waals surface area contributed by atoms with Gasteiger partial charge in [0.05, 0.1) is 25.4 Å². The number of esters is 1. The summed E-state index contributed by atoms with van der Waals surface area (Å²) in [6.45, 7) is 4.50. The molecule has 0 aliphatic carbocycles. The van der Waals surface area contributed by atoms with E-state index in [-0.39, 0.29) is 23.1 Å². The van der Waals surface area contributed by atoms with Crippen molar-refractivity contribution in [2.75, 3.05) is 6.61 Å². The summed E-state index contributed by atoms with van der Waals surface area (Å²) in [5.74, 6) is -0.527. The molecule has 1 aromatic carbocycles. The third-order valence-electron chi connectivity index (χ3n) is 3.53. The highest BCUT2D eigenvalue weighted by atomic mass is 32.2. The van der Waals surface area contributed by atoms with E-state index in [1.807, 2.05) is 6.92 Å². The van der Waals surface area contributed by atoms with Crippen LogP contribution in [0.4, 0.5) is 4.39 Å². The highest BCUT2D eigenvalue weighted by Crippen LogP contribution is 2.30.